The highest BCUT2D eigenvalue weighted by Gasteiger charge is 2.29. The number of piperidine rings is 1. The third-order valence-corrected chi connectivity index (χ3v) is 3.25. The van der Waals surface area contributed by atoms with Crippen LogP contribution in [0.2, 0.25) is 0 Å². The Morgan fingerprint density at radius 2 is 1.62 bits per heavy atom. The van der Waals surface area contributed by atoms with Crippen molar-refractivity contribution in [2.75, 3.05) is 26.2 Å². The van der Waals surface area contributed by atoms with Gasteiger partial charge in [-0.1, -0.05) is 13.8 Å². The molecule has 2 aliphatic rings. The fourth-order valence-electron chi connectivity index (χ4n) is 2.20. The molecule has 2 rings (SSSR count). The minimum absolute atomic E-state index is 0.0318. The van der Waals surface area contributed by atoms with Crippen molar-refractivity contribution in [3.63, 3.8) is 0 Å². The summed E-state index contributed by atoms with van der Waals surface area (Å²) in [7, 11) is 0. The first-order chi connectivity index (χ1) is 9.75. The molecule has 0 spiro atoms. The molecule has 128 valence electrons. The second kappa shape index (κ2) is 10.5. The van der Waals surface area contributed by atoms with E-state index in [0.29, 0.717) is 12.6 Å². The average Bonchev–Trinajstić information content (AvgIpc) is 2.78. The summed E-state index contributed by atoms with van der Waals surface area (Å²) in [5.74, 6) is -1.50. The minimum Gasteiger partial charge on any atom is -0.390 e. The molecule has 0 saturated carbocycles. The Morgan fingerprint density at radius 3 is 2.00 bits per heavy atom. The largest absolute Gasteiger partial charge is 0.390 e. The molecule has 2 atom stereocenters. The predicted molar refractivity (Wildman–Crippen MR) is 83.9 cm³/mol. The molecule has 1 unspecified atom stereocenters. The molecule has 2 fully saturated rings. The SMILES string of the molecule is CC.CC(C)(O)O.NC1CCN(C[C@H]2OCCC2O)CC1. The molecule has 0 aromatic rings. The van der Waals surface area contributed by atoms with Gasteiger partial charge in [0, 0.05) is 19.2 Å². The van der Waals surface area contributed by atoms with E-state index in [1.54, 1.807) is 0 Å². The van der Waals surface area contributed by atoms with Crippen LogP contribution in [0.5, 0.6) is 0 Å². The molecular weight excluding hydrogens is 272 g/mol. The lowest BCUT2D eigenvalue weighted by molar-refractivity contribution is -0.127. The van der Waals surface area contributed by atoms with Gasteiger partial charge >= 0.3 is 0 Å². The Morgan fingerprint density at radius 1 is 1.14 bits per heavy atom. The van der Waals surface area contributed by atoms with Crippen molar-refractivity contribution in [1.82, 2.24) is 4.90 Å². The molecule has 2 saturated heterocycles. The number of hydrogen-bond donors (Lipinski definition) is 4. The molecule has 6 nitrogen and oxygen atoms in total. The molecule has 21 heavy (non-hydrogen) atoms. The molecule has 0 aromatic heterocycles. The average molecular weight is 306 g/mol. The maximum absolute atomic E-state index is 9.60. The molecule has 0 amide bonds. The predicted octanol–water partition coefficient (Wildman–Crippen LogP) is 0.293. The Hall–Kier alpha value is -0.240. The standard InChI is InChI=1S/C10H20N2O2.C3H8O2.C2H6/c11-8-1-4-12(5-2-8)7-10-9(13)3-6-14-10;1-3(2,4)5;1-2/h8-10,13H,1-7,11H2;4-5H,1-2H3;1-2H3/t9?,10-;;/m1../s1. The third-order valence-electron chi connectivity index (χ3n) is 3.25. The number of ether oxygens (including phenoxy) is 1. The smallest absolute Gasteiger partial charge is 0.156 e. The molecule has 0 radical (unpaired) electrons. The summed E-state index contributed by atoms with van der Waals surface area (Å²) in [6.07, 6.45) is 2.71. The van der Waals surface area contributed by atoms with Crippen LogP contribution >= 0.6 is 0 Å². The number of nitrogens with two attached hydrogens (primary N) is 1. The summed E-state index contributed by atoms with van der Waals surface area (Å²) in [5.41, 5.74) is 5.83. The van der Waals surface area contributed by atoms with Crippen molar-refractivity contribution in [3.05, 3.63) is 0 Å². The second-order valence-corrected chi connectivity index (χ2v) is 5.90. The fourth-order valence-corrected chi connectivity index (χ4v) is 2.20. The fraction of sp³-hybridized carbons (Fsp3) is 1.00. The monoisotopic (exact) mass is 306 g/mol. The van der Waals surface area contributed by atoms with Crippen LogP contribution < -0.4 is 5.73 Å². The van der Waals surface area contributed by atoms with Gasteiger partial charge in [0.05, 0.1) is 12.2 Å². The highest BCUT2D eigenvalue weighted by atomic mass is 16.5. The van der Waals surface area contributed by atoms with Crippen LogP contribution in [0.3, 0.4) is 0 Å². The normalized spacial score (nSPS) is 27.4. The zero-order valence-corrected chi connectivity index (χ0v) is 14.0. The quantitative estimate of drug-likeness (QED) is 0.547. The summed E-state index contributed by atoms with van der Waals surface area (Å²) >= 11 is 0. The van der Waals surface area contributed by atoms with Gasteiger partial charge in [0.2, 0.25) is 0 Å². The van der Waals surface area contributed by atoms with E-state index in [2.05, 4.69) is 4.90 Å². The lowest BCUT2D eigenvalue weighted by Gasteiger charge is -2.32. The molecule has 6 heteroatoms. The van der Waals surface area contributed by atoms with Crippen molar-refractivity contribution >= 4 is 0 Å². The van der Waals surface area contributed by atoms with E-state index in [9.17, 15) is 5.11 Å². The zero-order valence-electron chi connectivity index (χ0n) is 14.0. The molecular formula is C15H34N2O4. The van der Waals surface area contributed by atoms with Gasteiger partial charge in [-0.05, 0) is 46.2 Å². The first-order valence-electron chi connectivity index (χ1n) is 7.98. The highest BCUT2D eigenvalue weighted by Crippen LogP contribution is 2.16. The van der Waals surface area contributed by atoms with E-state index >= 15 is 0 Å². The van der Waals surface area contributed by atoms with Gasteiger partial charge in [0.15, 0.2) is 5.79 Å². The van der Waals surface area contributed by atoms with Gasteiger partial charge in [0.1, 0.15) is 0 Å². The Bertz CT molecular complexity index is 245. The molecule has 0 aliphatic carbocycles. The molecule has 2 aliphatic heterocycles. The van der Waals surface area contributed by atoms with Gasteiger partial charge in [0.25, 0.3) is 0 Å². The Labute approximate surface area is 128 Å². The van der Waals surface area contributed by atoms with Crippen molar-refractivity contribution in [2.45, 2.75) is 71.0 Å². The Kier molecular flexibility index (Phi) is 10.4. The first kappa shape index (κ1) is 20.8. The van der Waals surface area contributed by atoms with Crippen molar-refractivity contribution in [2.24, 2.45) is 5.73 Å². The lowest BCUT2D eigenvalue weighted by atomic mass is 10.1. The van der Waals surface area contributed by atoms with Gasteiger partial charge in [-0.15, -0.1) is 0 Å². The van der Waals surface area contributed by atoms with E-state index in [0.717, 1.165) is 38.9 Å². The van der Waals surface area contributed by atoms with Gasteiger partial charge < -0.3 is 30.7 Å². The summed E-state index contributed by atoms with van der Waals surface area (Å²) in [4.78, 5) is 2.35. The van der Waals surface area contributed by atoms with E-state index in [1.165, 1.54) is 13.8 Å². The molecule has 5 N–H and O–H groups in total. The van der Waals surface area contributed by atoms with Crippen LogP contribution in [-0.4, -0.2) is 70.5 Å². The molecule has 0 aromatic carbocycles. The van der Waals surface area contributed by atoms with Crippen LogP contribution in [0.25, 0.3) is 0 Å². The topological polar surface area (TPSA) is 99.2 Å². The molecule has 2 heterocycles. The van der Waals surface area contributed by atoms with Gasteiger partial charge in [-0.3, -0.25) is 0 Å². The van der Waals surface area contributed by atoms with E-state index in [4.69, 9.17) is 20.7 Å². The van der Waals surface area contributed by atoms with Crippen molar-refractivity contribution in [1.29, 1.82) is 0 Å². The first-order valence-corrected chi connectivity index (χ1v) is 7.98. The van der Waals surface area contributed by atoms with Crippen molar-refractivity contribution < 1.29 is 20.1 Å². The maximum Gasteiger partial charge on any atom is 0.156 e. The number of likely N-dealkylation sites (tertiary alicyclic amines) is 1. The van der Waals surface area contributed by atoms with E-state index in [-0.39, 0.29) is 12.2 Å². The van der Waals surface area contributed by atoms with Gasteiger partial charge in [-0.25, -0.2) is 0 Å². The summed E-state index contributed by atoms with van der Waals surface area (Å²) < 4.78 is 5.47. The third kappa shape index (κ3) is 11.0. The minimum atomic E-state index is -1.50. The molecule has 0 bridgehead atoms. The number of hydrogen-bond acceptors (Lipinski definition) is 6. The summed E-state index contributed by atoms with van der Waals surface area (Å²) in [6, 6.07) is 0.376. The van der Waals surface area contributed by atoms with Crippen LogP contribution in [0.4, 0.5) is 0 Å². The van der Waals surface area contributed by atoms with Gasteiger partial charge in [-0.2, -0.15) is 0 Å². The number of rotatable bonds is 2. The summed E-state index contributed by atoms with van der Waals surface area (Å²) in [6.45, 7) is 10.3. The lowest BCUT2D eigenvalue weighted by Crippen LogP contribution is -2.44. The number of nitrogens with zero attached hydrogens (tertiary/aromatic N) is 1. The van der Waals surface area contributed by atoms with Crippen LogP contribution in [0.1, 0.15) is 47.0 Å². The van der Waals surface area contributed by atoms with Crippen LogP contribution in [0.15, 0.2) is 0 Å². The maximum atomic E-state index is 9.60. The van der Waals surface area contributed by atoms with Crippen LogP contribution in [0, 0.1) is 0 Å². The van der Waals surface area contributed by atoms with Crippen molar-refractivity contribution in [3.8, 4) is 0 Å². The Balaban J connectivity index is 0.000000489. The second-order valence-electron chi connectivity index (χ2n) is 5.90. The number of aliphatic hydroxyl groups is 3. The number of aliphatic hydroxyl groups excluding tert-OH is 1. The van der Waals surface area contributed by atoms with E-state index < -0.39 is 5.79 Å². The highest BCUT2D eigenvalue weighted by molar-refractivity contribution is 4.81. The van der Waals surface area contributed by atoms with E-state index in [1.807, 2.05) is 13.8 Å². The zero-order chi connectivity index (χ0) is 16.5. The van der Waals surface area contributed by atoms with Crippen LogP contribution in [-0.2, 0) is 4.74 Å². The summed E-state index contributed by atoms with van der Waals surface area (Å²) in [5, 5.41) is 25.7.